The van der Waals surface area contributed by atoms with Gasteiger partial charge in [-0.05, 0) is 0 Å². The van der Waals surface area contributed by atoms with E-state index in [1.165, 1.54) is 0 Å². The van der Waals surface area contributed by atoms with Crippen molar-refractivity contribution in [1.29, 1.82) is 0 Å². The van der Waals surface area contributed by atoms with Crippen LogP contribution in [0.4, 0.5) is 0 Å². The van der Waals surface area contributed by atoms with Gasteiger partial charge < -0.3 is 0 Å². The fraction of sp³-hybridized carbons (Fsp3) is 0.125. The molecule has 0 saturated carbocycles. The Morgan fingerprint density at radius 3 is 2.55 bits per heavy atom. The molecular weight excluding hydrogens is 207 g/mol. The van der Waals surface area contributed by atoms with Gasteiger partial charge in [0.25, 0.3) is 0 Å². The predicted molar refractivity (Wildman–Crippen MR) is 44.7 cm³/mol. The number of rotatable bonds is 2. The molecular formula is C8H8O2Se+. The van der Waals surface area contributed by atoms with Crippen LogP contribution >= 0.6 is 0 Å². The molecule has 0 aliphatic heterocycles. The zero-order valence-corrected chi connectivity index (χ0v) is 7.79. The maximum absolute atomic E-state index is 10.6. The summed E-state index contributed by atoms with van der Waals surface area (Å²) in [6, 6.07) is 7.12. The molecule has 11 heavy (non-hydrogen) atoms. The summed E-state index contributed by atoms with van der Waals surface area (Å²) in [5.74, 6) is 1.18. The van der Waals surface area contributed by atoms with E-state index in [0.717, 1.165) is 4.46 Å². The van der Waals surface area contributed by atoms with Gasteiger partial charge in [0.05, 0.1) is 0 Å². The van der Waals surface area contributed by atoms with Crippen molar-refractivity contribution in [3.05, 3.63) is 29.8 Å². The Morgan fingerprint density at radius 1 is 1.45 bits per heavy atom. The van der Waals surface area contributed by atoms with Crippen LogP contribution in [0.2, 0.25) is 5.82 Å². The molecule has 0 aliphatic rings. The number of hydrogen-bond donors (Lipinski definition) is 1. The van der Waals surface area contributed by atoms with Gasteiger partial charge in [0.15, 0.2) is 0 Å². The van der Waals surface area contributed by atoms with Crippen molar-refractivity contribution in [3.8, 4) is 0 Å². The van der Waals surface area contributed by atoms with Gasteiger partial charge in [-0.3, -0.25) is 0 Å². The van der Waals surface area contributed by atoms with Crippen LogP contribution < -0.4 is 4.46 Å². The summed E-state index contributed by atoms with van der Waals surface area (Å²) in [4.78, 5) is 10.6. The molecule has 0 saturated heterocycles. The molecule has 0 amide bonds. The van der Waals surface area contributed by atoms with Crippen LogP contribution in [0.1, 0.15) is 10.4 Å². The summed E-state index contributed by atoms with van der Waals surface area (Å²) in [5, 5.41) is 8.71. The molecule has 3 heteroatoms. The summed E-state index contributed by atoms with van der Waals surface area (Å²) < 4.78 is 0.951. The van der Waals surface area contributed by atoms with E-state index < -0.39 is 5.97 Å². The minimum absolute atomic E-state index is 0.259. The van der Waals surface area contributed by atoms with Crippen LogP contribution in [0.25, 0.3) is 0 Å². The van der Waals surface area contributed by atoms with E-state index in [2.05, 4.69) is 0 Å². The van der Waals surface area contributed by atoms with E-state index in [0.29, 0.717) is 5.56 Å². The zero-order valence-electron chi connectivity index (χ0n) is 6.07. The SMILES string of the molecule is C[Se+]c1ccccc1C(=O)O. The number of carbonyl (C=O) groups is 1. The monoisotopic (exact) mass is 216 g/mol. The molecule has 1 radical (unpaired) electrons. The van der Waals surface area contributed by atoms with Crippen LogP contribution in [-0.2, 0) is 0 Å². The average Bonchev–Trinajstić information content (AvgIpc) is 2.04. The third-order valence-corrected chi connectivity index (χ3v) is 3.01. The Labute approximate surface area is 71.4 Å². The first-order valence-corrected chi connectivity index (χ1v) is 5.69. The number of aromatic carboxylic acids is 1. The summed E-state index contributed by atoms with van der Waals surface area (Å²) >= 11 is 0.259. The standard InChI is InChI=1S/C8H8O2Se/c1-11-7-5-3-2-4-6(7)8(9)10/h2-5H,1H3,(H,9,10)/q+1. The van der Waals surface area contributed by atoms with Gasteiger partial charge in [0.2, 0.25) is 0 Å². The summed E-state index contributed by atoms with van der Waals surface area (Å²) in [6.45, 7) is 0. The van der Waals surface area contributed by atoms with Crippen molar-refractivity contribution in [1.82, 2.24) is 0 Å². The molecule has 2 nitrogen and oxygen atoms in total. The molecule has 1 aromatic rings. The molecule has 57 valence electrons. The molecule has 1 aromatic carbocycles. The van der Waals surface area contributed by atoms with Gasteiger partial charge in [0, 0.05) is 0 Å². The summed E-state index contributed by atoms with van der Waals surface area (Å²) in [6.07, 6.45) is 0. The topological polar surface area (TPSA) is 37.3 Å². The molecule has 0 atom stereocenters. The molecule has 0 aromatic heterocycles. The molecule has 0 aliphatic carbocycles. The van der Waals surface area contributed by atoms with Crippen molar-refractivity contribution in [2.24, 2.45) is 0 Å². The molecule has 1 rings (SSSR count). The Bertz CT molecular complexity index is 271. The Hall–Kier alpha value is -0.791. The molecule has 0 spiro atoms. The van der Waals surface area contributed by atoms with Gasteiger partial charge in [-0.1, -0.05) is 0 Å². The summed E-state index contributed by atoms with van der Waals surface area (Å²) in [5.41, 5.74) is 0.440. The number of benzene rings is 1. The molecule has 0 unspecified atom stereocenters. The fourth-order valence-electron chi connectivity index (χ4n) is 0.821. The molecule has 0 bridgehead atoms. The average molecular weight is 215 g/mol. The fourth-order valence-corrected chi connectivity index (χ4v) is 2.06. The van der Waals surface area contributed by atoms with Crippen LogP contribution in [-0.4, -0.2) is 26.0 Å². The van der Waals surface area contributed by atoms with Gasteiger partial charge in [-0.25, -0.2) is 0 Å². The molecule has 0 fully saturated rings. The second-order valence-corrected chi connectivity index (χ2v) is 3.78. The maximum atomic E-state index is 10.6. The van der Waals surface area contributed by atoms with E-state index in [1.807, 2.05) is 18.0 Å². The third-order valence-electron chi connectivity index (χ3n) is 1.34. The second kappa shape index (κ2) is 3.56. The van der Waals surface area contributed by atoms with Gasteiger partial charge in [-0.2, -0.15) is 0 Å². The Morgan fingerprint density at radius 2 is 2.09 bits per heavy atom. The molecule has 1 N–H and O–H groups in total. The normalized spacial score (nSPS) is 9.55. The van der Waals surface area contributed by atoms with Gasteiger partial charge in [0.1, 0.15) is 0 Å². The molecule has 0 heterocycles. The van der Waals surface area contributed by atoms with E-state index in [-0.39, 0.29) is 15.0 Å². The van der Waals surface area contributed by atoms with E-state index in [9.17, 15) is 4.79 Å². The van der Waals surface area contributed by atoms with Crippen molar-refractivity contribution in [2.45, 2.75) is 5.82 Å². The van der Waals surface area contributed by atoms with Crippen LogP contribution in [0, 0.1) is 0 Å². The second-order valence-electron chi connectivity index (χ2n) is 2.01. The zero-order chi connectivity index (χ0) is 8.27. The van der Waals surface area contributed by atoms with E-state index in [1.54, 1.807) is 12.1 Å². The first kappa shape index (κ1) is 8.31. The van der Waals surface area contributed by atoms with Gasteiger partial charge >= 0.3 is 70.9 Å². The van der Waals surface area contributed by atoms with Crippen LogP contribution in [0.15, 0.2) is 24.3 Å². The first-order chi connectivity index (χ1) is 5.25. The third kappa shape index (κ3) is 1.82. The predicted octanol–water partition coefficient (Wildman–Crippen LogP) is 0.762. The number of carboxylic acids is 1. The van der Waals surface area contributed by atoms with Crippen molar-refractivity contribution < 1.29 is 9.90 Å². The Kier molecular flexibility index (Phi) is 2.69. The first-order valence-electron chi connectivity index (χ1n) is 3.12. The number of hydrogen-bond acceptors (Lipinski definition) is 1. The quantitative estimate of drug-likeness (QED) is 0.739. The van der Waals surface area contributed by atoms with Crippen molar-refractivity contribution in [2.75, 3.05) is 0 Å². The number of carboxylic acid groups (broad SMARTS) is 1. The van der Waals surface area contributed by atoms with E-state index >= 15 is 0 Å². The summed E-state index contributed by atoms with van der Waals surface area (Å²) in [7, 11) is 0. The minimum atomic E-state index is -0.829. The van der Waals surface area contributed by atoms with Crippen molar-refractivity contribution >= 4 is 25.4 Å². The van der Waals surface area contributed by atoms with Crippen LogP contribution in [0.5, 0.6) is 0 Å². The van der Waals surface area contributed by atoms with Gasteiger partial charge in [-0.15, -0.1) is 0 Å². The van der Waals surface area contributed by atoms with Crippen molar-refractivity contribution in [3.63, 3.8) is 0 Å². The Balaban J connectivity index is 3.12. The van der Waals surface area contributed by atoms with E-state index in [4.69, 9.17) is 5.11 Å². The van der Waals surface area contributed by atoms with Crippen LogP contribution in [0.3, 0.4) is 0 Å².